The summed E-state index contributed by atoms with van der Waals surface area (Å²) in [7, 11) is 1.93. The van der Waals surface area contributed by atoms with Crippen LogP contribution in [0.3, 0.4) is 0 Å². The van der Waals surface area contributed by atoms with Gasteiger partial charge in [-0.1, -0.05) is 31.5 Å². The van der Waals surface area contributed by atoms with Gasteiger partial charge in [0.15, 0.2) is 11.7 Å². The largest absolute Gasteiger partial charge is 0.493 e. The van der Waals surface area contributed by atoms with Crippen molar-refractivity contribution in [2.75, 3.05) is 13.7 Å². The Morgan fingerprint density at radius 3 is 2.69 bits per heavy atom. The summed E-state index contributed by atoms with van der Waals surface area (Å²) in [5.74, 6) is 2.50. The van der Waals surface area contributed by atoms with Crippen molar-refractivity contribution >= 4 is 47.4 Å². The highest BCUT2D eigenvalue weighted by atomic mass is 35.5. The van der Waals surface area contributed by atoms with E-state index in [2.05, 4.69) is 46.2 Å². The Morgan fingerprint density at radius 1 is 1.12 bits per heavy atom. The van der Waals surface area contributed by atoms with E-state index >= 15 is 0 Å². The minimum absolute atomic E-state index is 0. The molecule has 0 saturated heterocycles. The Bertz CT molecular complexity index is 1160. The molecular weight excluding hydrogens is 471 g/mol. The van der Waals surface area contributed by atoms with Crippen molar-refractivity contribution in [2.24, 2.45) is 5.92 Å². The molecule has 2 heterocycles. The number of ether oxygens (including phenoxy) is 1. The van der Waals surface area contributed by atoms with Gasteiger partial charge in [-0.15, -0.1) is 24.8 Å². The van der Waals surface area contributed by atoms with E-state index in [4.69, 9.17) is 20.8 Å². The van der Waals surface area contributed by atoms with Crippen molar-refractivity contribution in [1.29, 1.82) is 0 Å². The minimum atomic E-state index is 0. The maximum Gasteiger partial charge on any atom is 0.199 e. The second-order valence-corrected chi connectivity index (χ2v) is 8.16. The Kier molecular flexibility index (Phi) is 9.40. The van der Waals surface area contributed by atoms with Crippen LogP contribution in [0.25, 0.3) is 22.6 Å². The summed E-state index contributed by atoms with van der Waals surface area (Å²) in [4.78, 5) is 12.6. The Labute approximate surface area is 204 Å². The van der Waals surface area contributed by atoms with Gasteiger partial charge in [0.1, 0.15) is 17.7 Å². The predicted molar refractivity (Wildman–Crippen MR) is 133 cm³/mol. The zero-order valence-electron chi connectivity index (χ0n) is 18.1. The second-order valence-electron chi connectivity index (χ2n) is 7.73. The Hall–Kier alpha value is -2.25. The van der Waals surface area contributed by atoms with Crippen molar-refractivity contribution in [3.8, 4) is 17.3 Å². The quantitative estimate of drug-likeness (QED) is 0.309. The summed E-state index contributed by atoms with van der Waals surface area (Å²) in [5, 5.41) is 3.81. The number of rotatable bonds is 8. The van der Waals surface area contributed by atoms with E-state index in [0.717, 1.165) is 28.9 Å². The number of aromatic nitrogens is 3. The van der Waals surface area contributed by atoms with Gasteiger partial charge in [0, 0.05) is 17.1 Å². The molecule has 4 aromatic rings. The fraction of sp³-hybridized carbons (Fsp3) is 0.304. The molecule has 0 fully saturated rings. The lowest BCUT2D eigenvalue weighted by Crippen LogP contribution is -2.06. The van der Waals surface area contributed by atoms with Gasteiger partial charge in [0.05, 0.1) is 24.1 Å². The smallest absolute Gasteiger partial charge is 0.199 e. The molecule has 2 aromatic carbocycles. The van der Waals surface area contributed by atoms with E-state index in [1.54, 1.807) is 6.26 Å². The van der Waals surface area contributed by atoms with Crippen LogP contribution in [0, 0.1) is 5.92 Å². The average molecular weight is 498 g/mol. The lowest BCUT2D eigenvalue weighted by Gasteiger charge is -2.12. The van der Waals surface area contributed by atoms with Crippen molar-refractivity contribution in [2.45, 2.75) is 26.8 Å². The van der Waals surface area contributed by atoms with Crippen molar-refractivity contribution in [3.05, 3.63) is 64.7 Å². The number of benzene rings is 2. The third-order valence-corrected chi connectivity index (χ3v) is 4.89. The number of halogens is 3. The molecule has 2 N–H and O–H groups in total. The first-order valence-corrected chi connectivity index (χ1v) is 10.4. The first kappa shape index (κ1) is 26.0. The first-order chi connectivity index (χ1) is 14.5. The van der Waals surface area contributed by atoms with Gasteiger partial charge in [0.25, 0.3) is 0 Å². The number of aromatic amines is 1. The summed E-state index contributed by atoms with van der Waals surface area (Å²) in [5.41, 5.74) is 4.67. The topological polar surface area (TPSA) is 76.0 Å². The van der Waals surface area contributed by atoms with E-state index in [-0.39, 0.29) is 24.8 Å². The van der Waals surface area contributed by atoms with Gasteiger partial charge in [-0.05, 0) is 48.9 Å². The summed E-state index contributed by atoms with van der Waals surface area (Å²) >= 11 is 6.20. The molecule has 0 bridgehead atoms. The van der Waals surface area contributed by atoms with Gasteiger partial charge in [-0.25, -0.2) is 9.97 Å². The molecule has 32 heavy (non-hydrogen) atoms. The van der Waals surface area contributed by atoms with Gasteiger partial charge < -0.3 is 19.5 Å². The lowest BCUT2D eigenvalue weighted by molar-refractivity contribution is 0.268. The van der Waals surface area contributed by atoms with Crippen molar-refractivity contribution in [3.63, 3.8) is 0 Å². The standard InChI is InChI=1S/C23H25ClN4O2.2ClH/c1-14(2)12-29-21-7-5-17(24)9-16(21)10-22-26-20(13-30-22)23-27-18-6-4-15(11-25-3)8-19(18)28-23;;/h4-9,13-14,25H,10-12H2,1-3H3,(H,27,28);2*1H. The van der Waals surface area contributed by atoms with Gasteiger partial charge in [0.2, 0.25) is 0 Å². The van der Waals surface area contributed by atoms with Crippen LogP contribution in [0.1, 0.15) is 30.9 Å². The van der Waals surface area contributed by atoms with E-state index in [1.165, 1.54) is 5.56 Å². The number of hydrogen-bond acceptors (Lipinski definition) is 5. The van der Waals surface area contributed by atoms with Crippen LogP contribution in [-0.4, -0.2) is 28.6 Å². The average Bonchev–Trinajstić information content (AvgIpc) is 3.34. The predicted octanol–water partition coefficient (Wildman–Crippen LogP) is 6.06. The van der Waals surface area contributed by atoms with Gasteiger partial charge >= 0.3 is 0 Å². The number of nitrogens with zero attached hydrogens (tertiary/aromatic N) is 2. The highest BCUT2D eigenvalue weighted by molar-refractivity contribution is 6.30. The molecule has 0 unspecified atom stereocenters. The second kappa shape index (κ2) is 11.6. The van der Waals surface area contributed by atoms with Crippen LogP contribution in [0.2, 0.25) is 5.02 Å². The molecule has 2 aromatic heterocycles. The lowest BCUT2D eigenvalue weighted by atomic mass is 10.1. The molecule has 0 atom stereocenters. The molecule has 0 aliphatic rings. The maximum absolute atomic E-state index is 6.20. The molecule has 6 nitrogen and oxygen atoms in total. The number of imidazole rings is 1. The molecule has 0 spiro atoms. The molecule has 9 heteroatoms. The van der Waals surface area contributed by atoms with Gasteiger partial charge in [-0.2, -0.15) is 0 Å². The summed E-state index contributed by atoms with van der Waals surface area (Å²) in [6.45, 7) is 5.68. The number of hydrogen-bond donors (Lipinski definition) is 2. The Morgan fingerprint density at radius 2 is 1.94 bits per heavy atom. The molecule has 0 saturated carbocycles. The van der Waals surface area contributed by atoms with Crippen LogP contribution in [0.4, 0.5) is 0 Å². The highest BCUT2D eigenvalue weighted by Crippen LogP contribution is 2.27. The van der Waals surface area contributed by atoms with Crippen LogP contribution in [0.15, 0.2) is 47.1 Å². The van der Waals surface area contributed by atoms with Crippen LogP contribution in [-0.2, 0) is 13.0 Å². The van der Waals surface area contributed by atoms with Gasteiger partial charge in [-0.3, -0.25) is 0 Å². The zero-order valence-corrected chi connectivity index (χ0v) is 20.5. The van der Waals surface area contributed by atoms with E-state index in [1.807, 2.05) is 31.3 Å². The number of fused-ring (bicyclic) bond motifs is 1. The van der Waals surface area contributed by atoms with Crippen molar-refractivity contribution in [1.82, 2.24) is 20.3 Å². The third-order valence-electron chi connectivity index (χ3n) is 4.66. The van der Waals surface area contributed by atoms with Crippen molar-refractivity contribution < 1.29 is 9.15 Å². The first-order valence-electron chi connectivity index (χ1n) is 10.0. The monoisotopic (exact) mass is 496 g/mol. The molecule has 0 aliphatic heterocycles. The Balaban J connectivity index is 0.00000181. The molecule has 172 valence electrons. The normalized spacial score (nSPS) is 10.8. The molecular formula is C23H27Cl3N4O2. The number of nitrogens with one attached hydrogen (secondary N) is 2. The zero-order chi connectivity index (χ0) is 21.1. The van der Waals surface area contributed by atoms with Crippen LogP contribution >= 0.6 is 36.4 Å². The van der Waals surface area contributed by atoms with E-state index in [0.29, 0.717) is 41.4 Å². The van der Waals surface area contributed by atoms with E-state index in [9.17, 15) is 0 Å². The molecule has 0 amide bonds. The fourth-order valence-electron chi connectivity index (χ4n) is 3.24. The molecule has 4 rings (SSSR count). The van der Waals surface area contributed by atoms with E-state index < -0.39 is 0 Å². The van der Waals surface area contributed by atoms with Crippen LogP contribution in [0.5, 0.6) is 5.75 Å². The maximum atomic E-state index is 6.20. The summed E-state index contributed by atoms with van der Waals surface area (Å²) < 4.78 is 11.7. The van der Waals surface area contributed by atoms with Crippen LogP contribution < -0.4 is 10.1 Å². The summed E-state index contributed by atoms with van der Waals surface area (Å²) in [6.07, 6.45) is 2.11. The SMILES string of the molecule is CNCc1ccc2nc(-c3coc(Cc4cc(Cl)ccc4OCC(C)C)n3)[nH]c2c1.Cl.Cl. The molecule has 0 radical (unpaired) electrons. The highest BCUT2D eigenvalue weighted by Gasteiger charge is 2.14. The molecule has 0 aliphatic carbocycles. The number of H-pyrrole nitrogens is 1. The minimum Gasteiger partial charge on any atom is -0.493 e. The number of oxazole rings is 1. The fourth-order valence-corrected chi connectivity index (χ4v) is 3.43. The third kappa shape index (κ3) is 6.17. The summed E-state index contributed by atoms with van der Waals surface area (Å²) in [6, 6.07) is 11.8.